The van der Waals surface area contributed by atoms with Crippen molar-refractivity contribution in [3.8, 4) is 11.3 Å². The highest BCUT2D eigenvalue weighted by Crippen LogP contribution is 2.24. The van der Waals surface area contributed by atoms with Crippen molar-refractivity contribution in [2.75, 3.05) is 0 Å². The van der Waals surface area contributed by atoms with Crippen LogP contribution in [0.5, 0.6) is 0 Å². The Labute approximate surface area is 134 Å². The Bertz CT molecular complexity index is 851. The summed E-state index contributed by atoms with van der Waals surface area (Å²) in [4.78, 5) is 11.5. The molecule has 0 saturated heterocycles. The molecule has 0 bridgehead atoms. The number of hydrogen-bond acceptors (Lipinski definition) is 3. The molecule has 0 aliphatic heterocycles. The lowest BCUT2D eigenvalue weighted by Gasteiger charge is -2.10. The van der Waals surface area contributed by atoms with Crippen molar-refractivity contribution < 1.29 is 9.90 Å². The molecule has 0 spiro atoms. The van der Waals surface area contributed by atoms with Crippen LogP contribution in [0.1, 0.15) is 27.2 Å². The minimum absolute atomic E-state index is 0.0255. The van der Waals surface area contributed by atoms with Crippen molar-refractivity contribution in [2.24, 2.45) is 0 Å². The topological polar surface area (TPSA) is 68.0 Å². The fourth-order valence-electron chi connectivity index (χ4n) is 2.51. The molecule has 3 rings (SSSR count). The lowest BCUT2D eigenvalue weighted by atomic mass is 10.1. The molecule has 2 aromatic carbocycles. The van der Waals surface area contributed by atoms with E-state index in [2.05, 4.69) is 10.3 Å². The molecule has 0 amide bonds. The highest BCUT2D eigenvalue weighted by molar-refractivity contribution is 5.92. The molecule has 1 N–H and O–H groups in total. The van der Waals surface area contributed by atoms with E-state index in [1.807, 2.05) is 62.4 Å². The summed E-state index contributed by atoms with van der Waals surface area (Å²) < 4.78 is 1.65. The van der Waals surface area contributed by atoms with E-state index in [-0.39, 0.29) is 5.69 Å². The number of carbonyl (C=O) groups is 1. The van der Waals surface area contributed by atoms with E-state index in [1.54, 1.807) is 4.68 Å². The van der Waals surface area contributed by atoms with Crippen LogP contribution in [0.2, 0.25) is 0 Å². The van der Waals surface area contributed by atoms with E-state index >= 15 is 0 Å². The van der Waals surface area contributed by atoms with Crippen molar-refractivity contribution in [1.82, 2.24) is 15.0 Å². The van der Waals surface area contributed by atoms with Gasteiger partial charge in [0.2, 0.25) is 0 Å². The highest BCUT2D eigenvalue weighted by Gasteiger charge is 2.20. The summed E-state index contributed by atoms with van der Waals surface area (Å²) in [6, 6.07) is 15.7. The molecule has 0 radical (unpaired) electrons. The predicted molar refractivity (Wildman–Crippen MR) is 87.4 cm³/mol. The number of benzene rings is 2. The van der Waals surface area contributed by atoms with E-state index in [9.17, 15) is 9.90 Å². The van der Waals surface area contributed by atoms with Crippen molar-refractivity contribution in [3.63, 3.8) is 0 Å². The number of hydrogen-bond donors (Lipinski definition) is 1. The van der Waals surface area contributed by atoms with Gasteiger partial charge in [-0.15, -0.1) is 5.10 Å². The molecule has 0 fully saturated rings. The van der Waals surface area contributed by atoms with Crippen LogP contribution in [-0.2, 0) is 6.54 Å². The quantitative estimate of drug-likeness (QED) is 0.803. The Kier molecular flexibility index (Phi) is 3.93. The van der Waals surface area contributed by atoms with Gasteiger partial charge in [0.05, 0.1) is 6.54 Å². The maximum Gasteiger partial charge on any atom is 0.358 e. The Morgan fingerprint density at radius 2 is 1.78 bits per heavy atom. The number of aryl methyl sites for hydroxylation is 2. The van der Waals surface area contributed by atoms with Crippen LogP contribution in [0.25, 0.3) is 11.3 Å². The fraction of sp³-hybridized carbons (Fsp3) is 0.167. The van der Waals surface area contributed by atoms with Crippen molar-refractivity contribution in [2.45, 2.75) is 20.4 Å². The second-order valence-electron chi connectivity index (χ2n) is 5.54. The second kappa shape index (κ2) is 6.04. The number of carboxylic acid groups (broad SMARTS) is 1. The van der Waals surface area contributed by atoms with Crippen molar-refractivity contribution in [1.29, 1.82) is 0 Å². The minimum atomic E-state index is -1.07. The summed E-state index contributed by atoms with van der Waals surface area (Å²) >= 11 is 0. The molecule has 0 aliphatic rings. The lowest BCUT2D eigenvalue weighted by Crippen LogP contribution is -2.07. The van der Waals surface area contributed by atoms with Gasteiger partial charge in [-0.3, -0.25) is 0 Å². The van der Waals surface area contributed by atoms with E-state index in [0.29, 0.717) is 12.2 Å². The van der Waals surface area contributed by atoms with Crippen LogP contribution in [0.4, 0.5) is 0 Å². The number of aromatic carboxylic acids is 1. The molecule has 0 saturated carbocycles. The minimum Gasteiger partial charge on any atom is -0.476 e. The second-order valence-corrected chi connectivity index (χ2v) is 5.54. The smallest absolute Gasteiger partial charge is 0.358 e. The highest BCUT2D eigenvalue weighted by atomic mass is 16.4. The van der Waals surface area contributed by atoms with Crippen molar-refractivity contribution in [3.05, 3.63) is 70.9 Å². The summed E-state index contributed by atoms with van der Waals surface area (Å²) in [6.07, 6.45) is 0. The molecule has 1 heterocycles. The van der Waals surface area contributed by atoms with Gasteiger partial charge in [-0.25, -0.2) is 9.48 Å². The Morgan fingerprint density at radius 3 is 2.43 bits per heavy atom. The summed E-state index contributed by atoms with van der Waals surface area (Å²) in [6.45, 7) is 4.50. The van der Waals surface area contributed by atoms with E-state index in [1.165, 1.54) is 0 Å². The maximum atomic E-state index is 11.5. The van der Waals surface area contributed by atoms with E-state index in [0.717, 1.165) is 22.3 Å². The van der Waals surface area contributed by atoms with Gasteiger partial charge >= 0.3 is 5.97 Å². The zero-order chi connectivity index (χ0) is 16.4. The van der Waals surface area contributed by atoms with Crippen LogP contribution in [0.3, 0.4) is 0 Å². The number of rotatable bonds is 4. The third kappa shape index (κ3) is 2.99. The van der Waals surface area contributed by atoms with Crippen LogP contribution >= 0.6 is 0 Å². The average Bonchev–Trinajstić information content (AvgIpc) is 2.94. The SMILES string of the molecule is Cc1ccc(-c2c(C(=O)O)nnn2Cc2ccccc2C)cc1. The van der Waals surface area contributed by atoms with E-state index < -0.39 is 5.97 Å². The molecule has 0 atom stereocenters. The molecule has 116 valence electrons. The monoisotopic (exact) mass is 307 g/mol. The first kappa shape index (κ1) is 15.0. The third-order valence-corrected chi connectivity index (χ3v) is 3.84. The van der Waals surface area contributed by atoms with Gasteiger partial charge in [0.15, 0.2) is 5.69 Å². The number of carboxylic acids is 1. The number of aromatic nitrogens is 3. The van der Waals surface area contributed by atoms with Crippen LogP contribution in [0.15, 0.2) is 48.5 Å². The average molecular weight is 307 g/mol. The third-order valence-electron chi connectivity index (χ3n) is 3.84. The molecule has 0 unspecified atom stereocenters. The zero-order valence-electron chi connectivity index (χ0n) is 13.0. The van der Waals surface area contributed by atoms with Crippen molar-refractivity contribution >= 4 is 5.97 Å². The molecule has 0 aliphatic carbocycles. The van der Waals surface area contributed by atoms with Gasteiger partial charge < -0.3 is 5.11 Å². The predicted octanol–water partition coefficient (Wildman–Crippen LogP) is 3.31. The van der Waals surface area contributed by atoms with Gasteiger partial charge in [0.1, 0.15) is 5.69 Å². The lowest BCUT2D eigenvalue weighted by molar-refractivity contribution is 0.0691. The first-order valence-corrected chi connectivity index (χ1v) is 7.34. The largest absolute Gasteiger partial charge is 0.476 e. The van der Waals surface area contributed by atoms with Gasteiger partial charge in [-0.2, -0.15) is 0 Å². The molecule has 1 aromatic heterocycles. The van der Waals surface area contributed by atoms with E-state index in [4.69, 9.17) is 0 Å². The molecular formula is C18H17N3O2. The van der Waals surface area contributed by atoms with Gasteiger partial charge in [0, 0.05) is 5.56 Å². The molecule has 5 heteroatoms. The maximum absolute atomic E-state index is 11.5. The molecule has 5 nitrogen and oxygen atoms in total. The molecule has 23 heavy (non-hydrogen) atoms. The Hall–Kier alpha value is -2.95. The fourth-order valence-corrected chi connectivity index (χ4v) is 2.51. The standard InChI is InChI=1S/C18H17N3O2/c1-12-7-9-14(10-8-12)17-16(18(22)23)19-20-21(17)11-15-6-4-3-5-13(15)2/h3-10H,11H2,1-2H3,(H,22,23). The van der Waals surface area contributed by atoms with Gasteiger partial charge in [-0.05, 0) is 25.0 Å². The number of nitrogens with zero attached hydrogens (tertiary/aromatic N) is 3. The molecular weight excluding hydrogens is 290 g/mol. The Balaban J connectivity index is 2.09. The summed E-state index contributed by atoms with van der Waals surface area (Å²) in [5, 5.41) is 17.3. The summed E-state index contributed by atoms with van der Waals surface area (Å²) in [5.41, 5.74) is 4.63. The first-order valence-electron chi connectivity index (χ1n) is 7.34. The summed E-state index contributed by atoms with van der Waals surface area (Å²) in [5.74, 6) is -1.07. The van der Waals surface area contributed by atoms with Gasteiger partial charge in [-0.1, -0.05) is 59.3 Å². The summed E-state index contributed by atoms with van der Waals surface area (Å²) in [7, 11) is 0. The Morgan fingerprint density at radius 1 is 1.09 bits per heavy atom. The molecule has 3 aromatic rings. The van der Waals surface area contributed by atoms with Crippen LogP contribution < -0.4 is 0 Å². The van der Waals surface area contributed by atoms with Crippen LogP contribution in [0, 0.1) is 13.8 Å². The zero-order valence-corrected chi connectivity index (χ0v) is 13.0. The normalized spacial score (nSPS) is 10.7. The first-order chi connectivity index (χ1) is 11.1. The van der Waals surface area contributed by atoms with Gasteiger partial charge in [0.25, 0.3) is 0 Å². The van der Waals surface area contributed by atoms with Crippen LogP contribution in [-0.4, -0.2) is 26.1 Å².